The second-order valence-electron chi connectivity index (χ2n) is 4.29. The molecule has 0 spiro atoms. The fraction of sp³-hybridized carbons (Fsp3) is 0.700. The first-order valence-corrected chi connectivity index (χ1v) is 5.54. The van der Waals surface area contributed by atoms with Crippen LogP contribution < -0.4 is 5.32 Å². The van der Waals surface area contributed by atoms with Gasteiger partial charge in [-0.15, -0.1) is 5.10 Å². The Kier molecular flexibility index (Phi) is 4.45. The number of hydrogen-bond donors (Lipinski definition) is 1. The van der Waals surface area contributed by atoms with Crippen molar-refractivity contribution in [3.8, 4) is 0 Å². The summed E-state index contributed by atoms with van der Waals surface area (Å²) in [6, 6.07) is 0.454. The van der Waals surface area contributed by atoms with E-state index in [4.69, 9.17) is 0 Å². The molecule has 0 amide bonds. The Balaban J connectivity index is 2.54. The van der Waals surface area contributed by atoms with E-state index in [1.165, 1.54) is 10.9 Å². The first-order valence-electron chi connectivity index (χ1n) is 5.54. The second-order valence-corrected chi connectivity index (χ2v) is 4.29. The van der Waals surface area contributed by atoms with Crippen LogP contribution in [0.3, 0.4) is 0 Å². The van der Waals surface area contributed by atoms with Crippen LogP contribution in [0.15, 0.2) is 6.20 Å². The van der Waals surface area contributed by atoms with E-state index in [-0.39, 0.29) is 5.69 Å². The van der Waals surface area contributed by atoms with Crippen LogP contribution >= 0.6 is 0 Å². The topological polar surface area (TPSA) is 76.2 Å². The normalized spacial score (nSPS) is 11.2. The molecular formula is C10H19N5O2. The molecule has 1 N–H and O–H groups in total. The average Bonchev–Trinajstić information content (AvgIpc) is 2.59. The Morgan fingerprint density at radius 3 is 2.82 bits per heavy atom. The molecule has 7 heteroatoms. The highest BCUT2D eigenvalue weighted by Crippen LogP contribution is 2.20. The van der Waals surface area contributed by atoms with Crippen LogP contribution in [-0.4, -0.2) is 45.8 Å². The first-order chi connectivity index (χ1) is 7.91. The summed E-state index contributed by atoms with van der Waals surface area (Å²) >= 11 is 0. The number of nitrogens with one attached hydrogen (secondary N) is 1. The lowest BCUT2D eigenvalue weighted by Gasteiger charge is -2.20. The fourth-order valence-electron chi connectivity index (χ4n) is 1.34. The van der Waals surface area contributed by atoms with Crippen LogP contribution in [0.2, 0.25) is 0 Å². The summed E-state index contributed by atoms with van der Waals surface area (Å²) in [5, 5.41) is 17.7. The van der Waals surface area contributed by atoms with Gasteiger partial charge < -0.3 is 10.2 Å². The summed E-state index contributed by atoms with van der Waals surface area (Å²) < 4.78 is 1.44. The van der Waals surface area contributed by atoms with Gasteiger partial charge in [0, 0.05) is 26.2 Å². The average molecular weight is 241 g/mol. The van der Waals surface area contributed by atoms with Crippen molar-refractivity contribution in [2.75, 3.05) is 25.5 Å². The van der Waals surface area contributed by atoms with Crippen molar-refractivity contribution in [3.05, 3.63) is 16.3 Å². The van der Waals surface area contributed by atoms with Crippen molar-refractivity contribution in [1.82, 2.24) is 14.7 Å². The van der Waals surface area contributed by atoms with E-state index in [0.717, 1.165) is 6.54 Å². The summed E-state index contributed by atoms with van der Waals surface area (Å²) in [5.41, 5.74) is 0.0136. The number of aryl methyl sites for hydroxylation is 1. The van der Waals surface area contributed by atoms with Gasteiger partial charge >= 0.3 is 5.69 Å². The minimum Gasteiger partial charge on any atom is -0.362 e. The zero-order chi connectivity index (χ0) is 13.0. The molecule has 1 rings (SSSR count). The van der Waals surface area contributed by atoms with E-state index in [0.29, 0.717) is 18.4 Å². The molecule has 0 atom stereocenters. The van der Waals surface area contributed by atoms with Gasteiger partial charge in [0.2, 0.25) is 5.82 Å². The molecule has 1 heterocycles. The molecule has 1 aromatic rings. The summed E-state index contributed by atoms with van der Waals surface area (Å²) in [6.45, 7) is 5.64. The van der Waals surface area contributed by atoms with E-state index in [1.54, 1.807) is 7.05 Å². The number of rotatable bonds is 6. The van der Waals surface area contributed by atoms with E-state index in [9.17, 15) is 10.1 Å². The summed E-state index contributed by atoms with van der Waals surface area (Å²) in [5.74, 6) is 0.328. The molecule has 7 nitrogen and oxygen atoms in total. The maximum absolute atomic E-state index is 10.7. The number of likely N-dealkylation sites (N-methyl/N-ethyl adjacent to an activating group) is 1. The van der Waals surface area contributed by atoms with E-state index in [1.807, 2.05) is 7.05 Å². The van der Waals surface area contributed by atoms with Crippen LogP contribution in [0.1, 0.15) is 13.8 Å². The van der Waals surface area contributed by atoms with Gasteiger partial charge in [-0.25, -0.2) is 0 Å². The zero-order valence-electron chi connectivity index (χ0n) is 10.7. The van der Waals surface area contributed by atoms with Gasteiger partial charge in [0.05, 0.1) is 4.92 Å². The van der Waals surface area contributed by atoms with Gasteiger partial charge in [0.1, 0.15) is 6.20 Å². The van der Waals surface area contributed by atoms with Crippen LogP contribution in [-0.2, 0) is 7.05 Å². The molecule has 0 saturated carbocycles. The second kappa shape index (κ2) is 5.62. The number of aromatic nitrogens is 2. The van der Waals surface area contributed by atoms with Gasteiger partial charge in [0.25, 0.3) is 0 Å². The molecule has 17 heavy (non-hydrogen) atoms. The van der Waals surface area contributed by atoms with Crippen molar-refractivity contribution in [3.63, 3.8) is 0 Å². The first kappa shape index (κ1) is 13.4. The molecule has 0 bridgehead atoms. The minimum atomic E-state index is -0.429. The molecule has 0 aliphatic carbocycles. The molecule has 1 aromatic heterocycles. The predicted octanol–water partition coefficient (Wildman–Crippen LogP) is 1.08. The molecule has 0 aliphatic heterocycles. The maximum Gasteiger partial charge on any atom is 0.330 e. The lowest BCUT2D eigenvalue weighted by atomic mass is 10.3. The van der Waals surface area contributed by atoms with Gasteiger partial charge in [-0.3, -0.25) is 14.8 Å². The van der Waals surface area contributed by atoms with E-state index >= 15 is 0 Å². The Morgan fingerprint density at radius 1 is 1.65 bits per heavy atom. The third-order valence-electron chi connectivity index (χ3n) is 2.64. The van der Waals surface area contributed by atoms with Gasteiger partial charge in [-0.05, 0) is 20.9 Å². The number of hydrogen-bond acceptors (Lipinski definition) is 5. The molecule has 0 saturated heterocycles. The van der Waals surface area contributed by atoms with E-state index in [2.05, 4.69) is 29.2 Å². The van der Waals surface area contributed by atoms with Gasteiger partial charge in [-0.1, -0.05) is 0 Å². The lowest BCUT2D eigenvalue weighted by molar-refractivity contribution is -0.384. The maximum atomic E-state index is 10.7. The summed E-state index contributed by atoms with van der Waals surface area (Å²) in [6.07, 6.45) is 1.40. The molecular weight excluding hydrogens is 222 g/mol. The third-order valence-corrected chi connectivity index (χ3v) is 2.64. The predicted molar refractivity (Wildman–Crippen MR) is 66.1 cm³/mol. The van der Waals surface area contributed by atoms with Crippen molar-refractivity contribution in [2.24, 2.45) is 7.05 Å². The van der Waals surface area contributed by atoms with Gasteiger partial charge in [0.15, 0.2) is 0 Å². The molecule has 96 valence electrons. The third kappa shape index (κ3) is 3.70. The number of anilines is 1. The Hall–Kier alpha value is -1.63. The number of nitrogens with zero attached hydrogens (tertiary/aromatic N) is 4. The number of nitro groups is 1. The van der Waals surface area contributed by atoms with Crippen LogP contribution in [0.5, 0.6) is 0 Å². The summed E-state index contributed by atoms with van der Waals surface area (Å²) in [4.78, 5) is 12.5. The SMILES string of the molecule is CC(C)N(C)CCNc1nn(C)cc1[N+](=O)[O-]. The quantitative estimate of drug-likeness (QED) is 0.595. The van der Waals surface area contributed by atoms with Gasteiger partial charge in [-0.2, -0.15) is 0 Å². The molecule has 0 aromatic carbocycles. The van der Waals surface area contributed by atoms with Crippen LogP contribution in [0, 0.1) is 10.1 Å². The zero-order valence-corrected chi connectivity index (χ0v) is 10.7. The van der Waals surface area contributed by atoms with Crippen molar-refractivity contribution in [2.45, 2.75) is 19.9 Å². The lowest BCUT2D eigenvalue weighted by Crippen LogP contribution is -2.31. The molecule has 0 aliphatic rings. The largest absolute Gasteiger partial charge is 0.362 e. The minimum absolute atomic E-state index is 0.0136. The van der Waals surface area contributed by atoms with Crippen molar-refractivity contribution < 1.29 is 4.92 Å². The fourth-order valence-corrected chi connectivity index (χ4v) is 1.34. The molecule has 0 fully saturated rings. The van der Waals surface area contributed by atoms with Crippen molar-refractivity contribution in [1.29, 1.82) is 0 Å². The Labute approximate surface area is 101 Å². The molecule has 0 radical (unpaired) electrons. The summed E-state index contributed by atoms with van der Waals surface area (Å²) in [7, 11) is 3.68. The highest BCUT2D eigenvalue weighted by molar-refractivity contribution is 5.54. The Morgan fingerprint density at radius 2 is 2.29 bits per heavy atom. The van der Waals surface area contributed by atoms with Crippen LogP contribution in [0.4, 0.5) is 11.5 Å². The standard InChI is InChI=1S/C10H19N5O2/c1-8(2)13(3)6-5-11-10-9(15(16)17)7-14(4)12-10/h7-8H,5-6H2,1-4H3,(H,11,12). The van der Waals surface area contributed by atoms with Crippen LogP contribution in [0.25, 0.3) is 0 Å². The Bertz CT molecular complexity index is 388. The molecule has 0 unspecified atom stereocenters. The monoisotopic (exact) mass is 241 g/mol. The van der Waals surface area contributed by atoms with E-state index < -0.39 is 4.92 Å². The highest BCUT2D eigenvalue weighted by atomic mass is 16.6. The van der Waals surface area contributed by atoms with Crippen molar-refractivity contribution >= 4 is 11.5 Å². The smallest absolute Gasteiger partial charge is 0.330 e. The highest BCUT2D eigenvalue weighted by Gasteiger charge is 2.17.